The van der Waals surface area contributed by atoms with Crippen molar-refractivity contribution >= 4 is 11.6 Å². The molecule has 0 aliphatic heterocycles. The van der Waals surface area contributed by atoms with E-state index in [1.54, 1.807) is 13.2 Å². The van der Waals surface area contributed by atoms with E-state index in [9.17, 15) is 4.79 Å². The predicted octanol–water partition coefficient (Wildman–Crippen LogP) is 2.19. The van der Waals surface area contributed by atoms with Gasteiger partial charge in [-0.3, -0.25) is 9.48 Å². The predicted molar refractivity (Wildman–Crippen MR) is 74.2 cm³/mol. The maximum absolute atomic E-state index is 12.1. The van der Waals surface area contributed by atoms with Gasteiger partial charge in [0.15, 0.2) is 5.69 Å². The third-order valence-corrected chi connectivity index (χ3v) is 3.07. The van der Waals surface area contributed by atoms with Crippen LogP contribution >= 0.6 is 0 Å². The van der Waals surface area contributed by atoms with Gasteiger partial charge in [-0.05, 0) is 24.0 Å². The standard InChI is InChI=1S/C14H18N4O/c1-4-10-7-6-8-11(5-2)13(10)15-14(19)12-9-18(3)17-16-12/h6-9H,4-5H2,1-3H3,(H,15,19). The number of anilines is 1. The number of nitrogens with zero attached hydrogens (tertiary/aromatic N) is 3. The number of benzene rings is 1. The summed E-state index contributed by atoms with van der Waals surface area (Å²) in [6.45, 7) is 4.15. The van der Waals surface area contributed by atoms with Crippen molar-refractivity contribution in [1.29, 1.82) is 0 Å². The van der Waals surface area contributed by atoms with Gasteiger partial charge in [0.05, 0.1) is 6.20 Å². The van der Waals surface area contributed by atoms with Crippen LogP contribution in [0.3, 0.4) is 0 Å². The molecule has 1 aromatic carbocycles. The average molecular weight is 258 g/mol. The molecule has 0 unspecified atom stereocenters. The van der Waals surface area contributed by atoms with Crippen LogP contribution < -0.4 is 5.32 Å². The molecule has 0 bridgehead atoms. The fraction of sp³-hybridized carbons (Fsp3) is 0.357. The lowest BCUT2D eigenvalue weighted by Crippen LogP contribution is -2.15. The Morgan fingerprint density at radius 2 is 1.89 bits per heavy atom. The van der Waals surface area contributed by atoms with Crippen LogP contribution in [0.2, 0.25) is 0 Å². The fourth-order valence-corrected chi connectivity index (χ4v) is 2.03. The molecule has 100 valence electrons. The molecule has 2 aromatic rings. The number of hydrogen-bond donors (Lipinski definition) is 1. The Hall–Kier alpha value is -2.17. The zero-order chi connectivity index (χ0) is 13.8. The summed E-state index contributed by atoms with van der Waals surface area (Å²) in [4.78, 5) is 12.1. The monoisotopic (exact) mass is 258 g/mol. The van der Waals surface area contributed by atoms with Gasteiger partial charge in [0, 0.05) is 12.7 Å². The second-order valence-electron chi connectivity index (χ2n) is 4.39. The molecule has 2 rings (SSSR count). The molecule has 0 aliphatic rings. The average Bonchev–Trinajstić information content (AvgIpc) is 2.85. The Kier molecular flexibility index (Phi) is 3.94. The highest BCUT2D eigenvalue weighted by Gasteiger charge is 2.14. The van der Waals surface area contributed by atoms with E-state index in [2.05, 4.69) is 29.5 Å². The van der Waals surface area contributed by atoms with E-state index in [1.165, 1.54) is 4.68 Å². The van der Waals surface area contributed by atoms with Crippen LogP contribution in [0.25, 0.3) is 0 Å². The zero-order valence-corrected chi connectivity index (χ0v) is 11.5. The molecule has 0 radical (unpaired) electrons. The third-order valence-electron chi connectivity index (χ3n) is 3.07. The van der Waals surface area contributed by atoms with Gasteiger partial charge >= 0.3 is 0 Å². The largest absolute Gasteiger partial charge is 0.320 e. The van der Waals surface area contributed by atoms with Crippen LogP contribution in [0.1, 0.15) is 35.5 Å². The SMILES string of the molecule is CCc1cccc(CC)c1NC(=O)c1cn(C)nn1. The van der Waals surface area contributed by atoms with Crippen LogP contribution in [0, 0.1) is 0 Å². The molecule has 5 nitrogen and oxygen atoms in total. The fourth-order valence-electron chi connectivity index (χ4n) is 2.03. The normalized spacial score (nSPS) is 10.5. The zero-order valence-electron chi connectivity index (χ0n) is 11.5. The van der Waals surface area contributed by atoms with Crippen molar-refractivity contribution in [2.75, 3.05) is 5.32 Å². The molecule has 0 saturated heterocycles. The lowest BCUT2D eigenvalue weighted by atomic mass is 10.0. The van der Waals surface area contributed by atoms with Gasteiger partial charge < -0.3 is 5.32 Å². The smallest absolute Gasteiger partial charge is 0.277 e. The molecular formula is C14H18N4O. The van der Waals surface area contributed by atoms with E-state index >= 15 is 0 Å². The van der Waals surface area contributed by atoms with E-state index in [4.69, 9.17) is 0 Å². The van der Waals surface area contributed by atoms with E-state index in [0.717, 1.165) is 29.7 Å². The number of amides is 1. The van der Waals surface area contributed by atoms with Gasteiger partial charge in [0.25, 0.3) is 5.91 Å². The Morgan fingerprint density at radius 3 is 2.37 bits per heavy atom. The molecule has 0 atom stereocenters. The number of hydrogen-bond acceptors (Lipinski definition) is 3. The van der Waals surface area contributed by atoms with Crippen molar-refractivity contribution in [3.8, 4) is 0 Å². The summed E-state index contributed by atoms with van der Waals surface area (Å²) >= 11 is 0. The molecule has 1 heterocycles. The van der Waals surface area contributed by atoms with Crippen molar-refractivity contribution in [2.24, 2.45) is 7.05 Å². The summed E-state index contributed by atoms with van der Waals surface area (Å²) in [5.41, 5.74) is 3.51. The first kappa shape index (κ1) is 13.3. The Labute approximate surface area is 112 Å². The van der Waals surface area contributed by atoms with Crippen molar-refractivity contribution in [3.05, 3.63) is 41.2 Å². The van der Waals surface area contributed by atoms with Crippen molar-refractivity contribution in [2.45, 2.75) is 26.7 Å². The Balaban J connectivity index is 2.30. The number of nitrogens with one attached hydrogen (secondary N) is 1. The second kappa shape index (κ2) is 5.65. The number of aromatic nitrogens is 3. The molecule has 0 saturated carbocycles. The maximum atomic E-state index is 12.1. The molecule has 19 heavy (non-hydrogen) atoms. The highest BCUT2D eigenvalue weighted by atomic mass is 16.2. The number of rotatable bonds is 4. The molecule has 0 aliphatic carbocycles. The van der Waals surface area contributed by atoms with Crippen LogP contribution in [0.5, 0.6) is 0 Å². The van der Waals surface area contributed by atoms with Gasteiger partial charge in [-0.1, -0.05) is 37.3 Å². The topological polar surface area (TPSA) is 59.8 Å². The summed E-state index contributed by atoms with van der Waals surface area (Å²) in [5.74, 6) is -0.219. The minimum absolute atomic E-state index is 0.219. The summed E-state index contributed by atoms with van der Waals surface area (Å²) in [6.07, 6.45) is 3.36. The highest BCUT2D eigenvalue weighted by molar-refractivity contribution is 6.03. The number of para-hydroxylation sites is 1. The van der Waals surface area contributed by atoms with Crippen LogP contribution in [0.15, 0.2) is 24.4 Å². The molecule has 1 N–H and O–H groups in total. The Bertz CT molecular complexity index is 567. The molecular weight excluding hydrogens is 240 g/mol. The van der Waals surface area contributed by atoms with Gasteiger partial charge in [-0.25, -0.2) is 0 Å². The van der Waals surface area contributed by atoms with Gasteiger partial charge in [-0.15, -0.1) is 5.10 Å². The first-order valence-corrected chi connectivity index (χ1v) is 6.44. The summed E-state index contributed by atoms with van der Waals surface area (Å²) < 4.78 is 1.52. The van der Waals surface area contributed by atoms with Gasteiger partial charge in [0.2, 0.25) is 0 Å². The quantitative estimate of drug-likeness (QED) is 0.914. The van der Waals surface area contributed by atoms with Crippen LogP contribution in [0.4, 0.5) is 5.69 Å². The number of carbonyl (C=O) groups is 1. The summed E-state index contributed by atoms with van der Waals surface area (Å²) in [5, 5.41) is 10.5. The lowest BCUT2D eigenvalue weighted by molar-refractivity contribution is 0.102. The molecule has 1 aromatic heterocycles. The Morgan fingerprint density at radius 1 is 1.26 bits per heavy atom. The molecule has 5 heteroatoms. The van der Waals surface area contributed by atoms with Gasteiger partial charge in [-0.2, -0.15) is 0 Å². The summed E-state index contributed by atoms with van der Waals surface area (Å²) in [7, 11) is 1.74. The van der Waals surface area contributed by atoms with E-state index in [-0.39, 0.29) is 5.91 Å². The first-order chi connectivity index (χ1) is 9.15. The third kappa shape index (κ3) is 2.81. The van der Waals surface area contributed by atoms with Crippen LogP contribution in [-0.2, 0) is 19.9 Å². The van der Waals surface area contributed by atoms with Crippen molar-refractivity contribution in [1.82, 2.24) is 15.0 Å². The van der Waals surface area contributed by atoms with Gasteiger partial charge in [0.1, 0.15) is 0 Å². The van der Waals surface area contributed by atoms with Crippen molar-refractivity contribution in [3.63, 3.8) is 0 Å². The lowest BCUT2D eigenvalue weighted by Gasteiger charge is -2.13. The van der Waals surface area contributed by atoms with Crippen molar-refractivity contribution < 1.29 is 4.79 Å². The highest BCUT2D eigenvalue weighted by Crippen LogP contribution is 2.23. The first-order valence-electron chi connectivity index (χ1n) is 6.44. The molecule has 0 spiro atoms. The number of aryl methyl sites for hydroxylation is 3. The second-order valence-corrected chi connectivity index (χ2v) is 4.39. The minimum Gasteiger partial charge on any atom is -0.320 e. The number of carbonyl (C=O) groups excluding carboxylic acids is 1. The van der Waals surface area contributed by atoms with Crippen LogP contribution in [-0.4, -0.2) is 20.9 Å². The van der Waals surface area contributed by atoms with E-state index in [0.29, 0.717) is 5.69 Å². The van der Waals surface area contributed by atoms with E-state index in [1.807, 2.05) is 18.2 Å². The molecule has 1 amide bonds. The molecule has 0 fully saturated rings. The maximum Gasteiger partial charge on any atom is 0.277 e. The minimum atomic E-state index is -0.219. The van der Waals surface area contributed by atoms with E-state index < -0.39 is 0 Å². The summed E-state index contributed by atoms with van der Waals surface area (Å²) in [6, 6.07) is 6.09.